The zero-order chi connectivity index (χ0) is 6.69. The van der Waals surface area contributed by atoms with Gasteiger partial charge in [-0.1, -0.05) is 6.08 Å². The Bertz CT molecular complexity index is 114. The van der Waals surface area contributed by atoms with Gasteiger partial charge in [-0.25, -0.2) is 0 Å². The summed E-state index contributed by atoms with van der Waals surface area (Å²) in [5, 5.41) is 9.11. The zero-order valence-electron chi connectivity index (χ0n) is 5.93. The normalized spacial score (nSPS) is 23.1. The van der Waals surface area contributed by atoms with E-state index in [4.69, 9.17) is 5.11 Å². The van der Waals surface area contributed by atoms with E-state index < -0.39 is 0 Å². The highest BCUT2D eigenvalue weighted by Crippen LogP contribution is 2.19. The van der Waals surface area contributed by atoms with Crippen molar-refractivity contribution in [3.63, 3.8) is 0 Å². The minimum atomic E-state index is -0.203. The molecule has 0 saturated heterocycles. The molecule has 1 aliphatic carbocycles. The van der Waals surface area contributed by atoms with Crippen LogP contribution in [0.15, 0.2) is 11.6 Å². The van der Waals surface area contributed by atoms with Crippen molar-refractivity contribution < 1.29 is 5.11 Å². The lowest BCUT2D eigenvalue weighted by Gasteiger charge is -2.14. The van der Waals surface area contributed by atoms with Gasteiger partial charge in [0.05, 0.1) is 6.10 Å². The van der Waals surface area contributed by atoms with Crippen LogP contribution >= 0.6 is 0 Å². The molecule has 0 fully saturated rings. The summed E-state index contributed by atoms with van der Waals surface area (Å²) in [5.74, 6) is 0. The molecule has 0 saturated carbocycles. The molecular weight excluding hydrogens is 112 g/mol. The van der Waals surface area contributed by atoms with Crippen LogP contribution in [0, 0.1) is 0 Å². The van der Waals surface area contributed by atoms with Gasteiger partial charge in [-0.2, -0.15) is 0 Å². The molecular formula is C8H14O. The van der Waals surface area contributed by atoms with Crippen molar-refractivity contribution in [2.45, 2.75) is 38.7 Å². The molecule has 9 heavy (non-hydrogen) atoms. The minimum absolute atomic E-state index is 0.203. The predicted molar refractivity (Wildman–Crippen MR) is 38.2 cm³/mol. The van der Waals surface area contributed by atoms with Crippen molar-refractivity contribution in [2.75, 3.05) is 0 Å². The molecule has 0 radical (unpaired) electrons. The fraction of sp³-hybridized carbons (Fsp3) is 0.750. The highest BCUT2D eigenvalue weighted by Gasteiger charge is 2.06. The molecule has 0 spiro atoms. The zero-order valence-corrected chi connectivity index (χ0v) is 5.93. The Balaban J connectivity index is 2.46. The Morgan fingerprint density at radius 2 is 2.33 bits per heavy atom. The summed E-state index contributed by atoms with van der Waals surface area (Å²) < 4.78 is 0. The Hall–Kier alpha value is -0.300. The Labute approximate surface area is 56.4 Å². The van der Waals surface area contributed by atoms with Crippen molar-refractivity contribution in [2.24, 2.45) is 0 Å². The number of hydrogen-bond donors (Lipinski definition) is 1. The third-order valence-corrected chi connectivity index (χ3v) is 1.86. The number of hydrogen-bond acceptors (Lipinski definition) is 1. The van der Waals surface area contributed by atoms with E-state index in [0.717, 1.165) is 6.42 Å². The van der Waals surface area contributed by atoms with Crippen molar-refractivity contribution in [3.8, 4) is 0 Å². The number of rotatable bonds is 1. The monoisotopic (exact) mass is 126 g/mol. The average molecular weight is 126 g/mol. The molecule has 52 valence electrons. The summed E-state index contributed by atoms with van der Waals surface area (Å²) in [5.41, 5.74) is 1.24. The SMILES string of the molecule is C[C@H](O)C1=CCCCC1. The smallest absolute Gasteiger partial charge is 0.0721 e. The van der Waals surface area contributed by atoms with E-state index in [1.54, 1.807) is 0 Å². The van der Waals surface area contributed by atoms with Crippen LogP contribution in [0.5, 0.6) is 0 Å². The van der Waals surface area contributed by atoms with Crippen LogP contribution in [0.25, 0.3) is 0 Å². The quantitative estimate of drug-likeness (QED) is 0.532. The van der Waals surface area contributed by atoms with Gasteiger partial charge in [-0.3, -0.25) is 0 Å². The van der Waals surface area contributed by atoms with Gasteiger partial charge < -0.3 is 5.11 Å². The van der Waals surface area contributed by atoms with E-state index in [2.05, 4.69) is 6.08 Å². The molecule has 1 heteroatoms. The fourth-order valence-electron chi connectivity index (χ4n) is 1.24. The molecule has 0 heterocycles. The van der Waals surface area contributed by atoms with E-state index in [0.29, 0.717) is 0 Å². The third-order valence-electron chi connectivity index (χ3n) is 1.86. The van der Waals surface area contributed by atoms with Gasteiger partial charge in [0.1, 0.15) is 0 Å². The molecule has 1 aliphatic rings. The van der Waals surface area contributed by atoms with Gasteiger partial charge in [0.15, 0.2) is 0 Å². The van der Waals surface area contributed by atoms with Crippen molar-refractivity contribution in [3.05, 3.63) is 11.6 Å². The molecule has 0 aromatic carbocycles. The summed E-state index contributed by atoms with van der Waals surface area (Å²) in [6, 6.07) is 0. The van der Waals surface area contributed by atoms with Crippen LogP contribution < -0.4 is 0 Å². The second kappa shape index (κ2) is 3.02. The summed E-state index contributed by atoms with van der Waals surface area (Å²) in [7, 11) is 0. The first kappa shape index (κ1) is 6.81. The third kappa shape index (κ3) is 1.83. The number of aliphatic hydroxyl groups is 1. The van der Waals surface area contributed by atoms with Crippen LogP contribution in [-0.4, -0.2) is 11.2 Å². The maximum atomic E-state index is 9.11. The molecule has 0 aliphatic heterocycles. The molecule has 0 bridgehead atoms. The van der Waals surface area contributed by atoms with Crippen molar-refractivity contribution in [1.82, 2.24) is 0 Å². The van der Waals surface area contributed by atoms with Crippen LogP contribution in [0.4, 0.5) is 0 Å². The van der Waals surface area contributed by atoms with Gasteiger partial charge in [0.2, 0.25) is 0 Å². The minimum Gasteiger partial charge on any atom is -0.389 e. The van der Waals surface area contributed by atoms with Crippen LogP contribution in [-0.2, 0) is 0 Å². The first-order valence-corrected chi connectivity index (χ1v) is 3.67. The van der Waals surface area contributed by atoms with Gasteiger partial charge >= 0.3 is 0 Å². The van der Waals surface area contributed by atoms with Crippen LogP contribution in [0.3, 0.4) is 0 Å². The van der Waals surface area contributed by atoms with E-state index in [1.807, 2.05) is 6.92 Å². The molecule has 1 nitrogen and oxygen atoms in total. The average Bonchev–Trinajstić information content (AvgIpc) is 1.90. The van der Waals surface area contributed by atoms with Gasteiger partial charge in [-0.15, -0.1) is 0 Å². The van der Waals surface area contributed by atoms with Crippen LogP contribution in [0.2, 0.25) is 0 Å². The Morgan fingerprint density at radius 3 is 2.67 bits per heavy atom. The second-order valence-electron chi connectivity index (χ2n) is 2.70. The summed E-state index contributed by atoms with van der Waals surface area (Å²) in [6.45, 7) is 1.84. The molecule has 1 rings (SSSR count). The van der Waals surface area contributed by atoms with E-state index >= 15 is 0 Å². The van der Waals surface area contributed by atoms with Gasteiger partial charge in [0.25, 0.3) is 0 Å². The predicted octanol–water partition coefficient (Wildman–Crippen LogP) is 1.87. The fourth-order valence-corrected chi connectivity index (χ4v) is 1.24. The molecule has 1 N–H and O–H groups in total. The highest BCUT2D eigenvalue weighted by molar-refractivity contribution is 5.08. The maximum absolute atomic E-state index is 9.11. The van der Waals surface area contributed by atoms with Gasteiger partial charge in [-0.05, 0) is 38.2 Å². The lowest BCUT2D eigenvalue weighted by molar-refractivity contribution is 0.224. The first-order chi connectivity index (χ1) is 4.30. The summed E-state index contributed by atoms with van der Waals surface area (Å²) >= 11 is 0. The highest BCUT2D eigenvalue weighted by atomic mass is 16.3. The van der Waals surface area contributed by atoms with Gasteiger partial charge in [0, 0.05) is 0 Å². The number of allylic oxidation sites excluding steroid dienone is 1. The lowest BCUT2D eigenvalue weighted by atomic mass is 9.96. The number of aliphatic hydroxyl groups excluding tert-OH is 1. The van der Waals surface area contributed by atoms with Crippen molar-refractivity contribution >= 4 is 0 Å². The Morgan fingerprint density at radius 1 is 1.56 bits per heavy atom. The molecule has 0 aromatic heterocycles. The van der Waals surface area contributed by atoms with E-state index in [9.17, 15) is 0 Å². The molecule has 1 atom stereocenters. The standard InChI is InChI=1S/C8H14O/c1-7(9)8-5-3-2-4-6-8/h5,7,9H,2-4,6H2,1H3/t7-/m0/s1. The largest absolute Gasteiger partial charge is 0.389 e. The first-order valence-electron chi connectivity index (χ1n) is 3.67. The molecule has 0 amide bonds. The van der Waals surface area contributed by atoms with E-state index in [-0.39, 0.29) is 6.10 Å². The topological polar surface area (TPSA) is 20.2 Å². The van der Waals surface area contributed by atoms with Crippen LogP contribution in [0.1, 0.15) is 32.6 Å². The lowest BCUT2D eigenvalue weighted by Crippen LogP contribution is -2.06. The summed E-state index contributed by atoms with van der Waals surface area (Å²) in [6.07, 6.45) is 6.81. The Kier molecular flexibility index (Phi) is 2.29. The second-order valence-corrected chi connectivity index (χ2v) is 2.70. The van der Waals surface area contributed by atoms with Crippen molar-refractivity contribution in [1.29, 1.82) is 0 Å². The van der Waals surface area contributed by atoms with E-state index in [1.165, 1.54) is 24.8 Å². The maximum Gasteiger partial charge on any atom is 0.0721 e. The molecule has 0 unspecified atom stereocenters. The molecule has 0 aromatic rings. The summed E-state index contributed by atoms with van der Waals surface area (Å²) in [4.78, 5) is 0.